The molecule has 22 heavy (non-hydrogen) atoms. The fraction of sp³-hybridized carbons (Fsp3) is 0.235. The van der Waals surface area contributed by atoms with Gasteiger partial charge in [-0.15, -0.1) is 0 Å². The molecule has 0 fully saturated rings. The molecule has 0 N–H and O–H groups in total. The second-order valence-electron chi connectivity index (χ2n) is 5.73. The molecule has 1 aliphatic heterocycles. The molecule has 4 rings (SSSR count). The van der Waals surface area contributed by atoms with E-state index in [2.05, 4.69) is 16.0 Å². The third kappa shape index (κ3) is 1.89. The summed E-state index contributed by atoms with van der Waals surface area (Å²) in [4.78, 5) is 23.5. The van der Waals surface area contributed by atoms with Crippen LogP contribution in [0, 0.1) is 13.8 Å². The number of carbonyl (C=O) groups excluding carboxylic acids is 1. The van der Waals surface area contributed by atoms with Crippen LogP contribution in [-0.4, -0.2) is 25.2 Å². The standard InChI is InChI=1S/C17H16N4O/c1-11-7-13-9-20(10-14(13)8-18-11)17(22)16-12(2)21-6-4-3-5-15(21)19-16/h3-8H,9-10H2,1-2H3. The number of hydrogen-bond donors (Lipinski definition) is 0. The number of aryl methyl sites for hydroxylation is 2. The summed E-state index contributed by atoms with van der Waals surface area (Å²) in [6.07, 6.45) is 3.80. The number of fused-ring (bicyclic) bond motifs is 2. The Kier molecular flexibility index (Phi) is 2.76. The third-order valence-electron chi connectivity index (χ3n) is 4.20. The van der Waals surface area contributed by atoms with E-state index in [1.54, 1.807) is 0 Å². The number of carbonyl (C=O) groups is 1. The minimum absolute atomic E-state index is 0.0185. The minimum Gasteiger partial charge on any atom is -0.329 e. The molecule has 4 heterocycles. The zero-order valence-electron chi connectivity index (χ0n) is 12.6. The molecule has 1 amide bonds. The fourth-order valence-electron chi connectivity index (χ4n) is 3.02. The quantitative estimate of drug-likeness (QED) is 0.692. The smallest absolute Gasteiger partial charge is 0.274 e. The molecule has 5 nitrogen and oxygen atoms in total. The van der Waals surface area contributed by atoms with Crippen molar-refractivity contribution in [2.45, 2.75) is 26.9 Å². The Hall–Kier alpha value is -2.69. The zero-order chi connectivity index (χ0) is 15.3. The van der Waals surface area contributed by atoms with Gasteiger partial charge in [0.15, 0.2) is 0 Å². The molecule has 0 bridgehead atoms. The van der Waals surface area contributed by atoms with E-state index >= 15 is 0 Å². The Bertz CT molecular complexity index is 897. The van der Waals surface area contributed by atoms with Gasteiger partial charge in [-0.25, -0.2) is 4.98 Å². The number of aromatic nitrogens is 3. The van der Waals surface area contributed by atoms with Gasteiger partial charge in [-0.05, 0) is 43.2 Å². The van der Waals surface area contributed by atoms with Gasteiger partial charge < -0.3 is 9.30 Å². The molecule has 3 aromatic heterocycles. The summed E-state index contributed by atoms with van der Waals surface area (Å²) in [7, 11) is 0. The number of rotatable bonds is 1. The molecule has 0 unspecified atom stereocenters. The van der Waals surface area contributed by atoms with Gasteiger partial charge in [-0.2, -0.15) is 0 Å². The summed E-state index contributed by atoms with van der Waals surface area (Å²) in [6, 6.07) is 7.83. The van der Waals surface area contributed by atoms with Crippen molar-refractivity contribution < 1.29 is 4.79 Å². The first-order valence-electron chi connectivity index (χ1n) is 7.31. The molecule has 0 aliphatic carbocycles. The van der Waals surface area contributed by atoms with Crippen molar-refractivity contribution in [3.05, 3.63) is 64.9 Å². The predicted octanol–water partition coefficient (Wildman–Crippen LogP) is 2.50. The summed E-state index contributed by atoms with van der Waals surface area (Å²) in [5, 5.41) is 0. The van der Waals surface area contributed by atoms with Crippen molar-refractivity contribution in [3.8, 4) is 0 Å². The van der Waals surface area contributed by atoms with Gasteiger partial charge in [-0.3, -0.25) is 9.78 Å². The Morgan fingerprint density at radius 3 is 2.82 bits per heavy atom. The second-order valence-corrected chi connectivity index (χ2v) is 5.73. The second kappa shape index (κ2) is 4.66. The van der Waals surface area contributed by atoms with E-state index in [0.29, 0.717) is 18.8 Å². The highest BCUT2D eigenvalue weighted by Crippen LogP contribution is 2.25. The van der Waals surface area contributed by atoms with Crippen LogP contribution in [-0.2, 0) is 13.1 Å². The normalized spacial score (nSPS) is 13.6. The Morgan fingerprint density at radius 1 is 1.18 bits per heavy atom. The average Bonchev–Trinajstić information content (AvgIpc) is 3.08. The van der Waals surface area contributed by atoms with E-state index < -0.39 is 0 Å². The number of amides is 1. The van der Waals surface area contributed by atoms with Crippen molar-refractivity contribution in [1.82, 2.24) is 19.3 Å². The number of hydrogen-bond acceptors (Lipinski definition) is 3. The van der Waals surface area contributed by atoms with Crippen molar-refractivity contribution in [2.75, 3.05) is 0 Å². The van der Waals surface area contributed by atoms with Gasteiger partial charge in [0.1, 0.15) is 11.3 Å². The van der Waals surface area contributed by atoms with Crippen LogP contribution in [0.3, 0.4) is 0 Å². The van der Waals surface area contributed by atoms with Gasteiger partial charge in [0.25, 0.3) is 5.91 Å². The molecule has 0 radical (unpaired) electrons. The topological polar surface area (TPSA) is 50.5 Å². The molecule has 0 saturated heterocycles. The van der Waals surface area contributed by atoms with Crippen molar-refractivity contribution >= 4 is 11.6 Å². The lowest BCUT2D eigenvalue weighted by molar-refractivity contribution is 0.0745. The fourth-order valence-corrected chi connectivity index (χ4v) is 3.02. The first-order valence-corrected chi connectivity index (χ1v) is 7.31. The lowest BCUT2D eigenvalue weighted by atomic mass is 10.2. The molecule has 3 aromatic rings. The Labute approximate surface area is 128 Å². The van der Waals surface area contributed by atoms with Crippen LogP contribution in [0.5, 0.6) is 0 Å². The number of pyridine rings is 2. The summed E-state index contributed by atoms with van der Waals surface area (Å²) >= 11 is 0. The van der Waals surface area contributed by atoms with E-state index in [4.69, 9.17) is 0 Å². The summed E-state index contributed by atoms with van der Waals surface area (Å²) in [5.41, 5.74) is 5.51. The third-order valence-corrected chi connectivity index (χ3v) is 4.20. The van der Waals surface area contributed by atoms with E-state index in [-0.39, 0.29) is 5.91 Å². The predicted molar refractivity (Wildman–Crippen MR) is 82.5 cm³/mol. The Balaban J connectivity index is 1.69. The molecule has 5 heteroatoms. The van der Waals surface area contributed by atoms with Crippen molar-refractivity contribution in [3.63, 3.8) is 0 Å². The maximum absolute atomic E-state index is 12.8. The Morgan fingerprint density at radius 2 is 2.00 bits per heavy atom. The molecule has 0 atom stereocenters. The maximum atomic E-state index is 12.8. The van der Waals surface area contributed by atoms with E-state index in [0.717, 1.165) is 22.6 Å². The average molecular weight is 292 g/mol. The zero-order valence-corrected chi connectivity index (χ0v) is 12.6. The van der Waals surface area contributed by atoms with E-state index in [9.17, 15) is 4.79 Å². The SMILES string of the molecule is Cc1cc2c(cn1)CN(C(=O)c1nc3ccccn3c1C)C2. The van der Waals surface area contributed by atoms with Gasteiger partial charge in [-0.1, -0.05) is 6.07 Å². The van der Waals surface area contributed by atoms with Crippen LogP contribution < -0.4 is 0 Å². The van der Waals surface area contributed by atoms with Crippen LogP contribution >= 0.6 is 0 Å². The molecule has 0 saturated carbocycles. The van der Waals surface area contributed by atoms with Crippen molar-refractivity contribution in [2.24, 2.45) is 0 Å². The van der Waals surface area contributed by atoms with Gasteiger partial charge in [0.2, 0.25) is 0 Å². The largest absolute Gasteiger partial charge is 0.329 e. The number of nitrogens with zero attached hydrogens (tertiary/aromatic N) is 4. The van der Waals surface area contributed by atoms with E-state index in [1.807, 2.05) is 53.7 Å². The first-order chi connectivity index (χ1) is 10.6. The summed E-state index contributed by atoms with van der Waals surface area (Å²) in [6.45, 7) is 5.14. The summed E-state index contributed by atoms with van der Waals surface area (Å²) < 4.78 is 1.95. The molecule has 0 aromatic carbocycles. The van der Waals surface area contributed by atoms with Gasteiger partial charge in [0.05, 0.1) is 5.69 Å². The van der Waals surface area contributed by atoms with Crippen molar-refractivity contribution in [1.29, 1.82) is 0 Å². The summed E-state index contributed by atoms with van der Waals surface area (Å²) in [5.74, 6) is -0.0185. The van der Waals surface area contributed by atoms with Crippen LogP contribution in [0.15, 0.2) is 36.7 Å². The highest BCUT2D eigenvalue weighted by Gasteiger charge is 2.27. The maximum Gasteiger partial charge on any atom is 0.274 e. The highest BCUT2D eigenvalue weighted by molar-refractivity contribution is 5.94. The number of imidazole rings is 1. The van der Waals surface area contributed by atoms with Crippen LogP contribution in [0.25, 0.3) is 5.65 Å². The van der Waals surface area contributed by atoms with Gasteiger partial charge >= 0.3 is 0 Å². The lowest BCUT2D eigenvalue weighted by Crippen LogP contribution is -2.26. The van der Waals surface area contributed by atoms with Crippen LogP contribution in [0.1, 0.15) is 33.0 Å². The molecule has 0 spiro atoms. The molecular formula is C17H16N4O. The van der Waals surface area contributed by atoms with Crippen LogP contribution in [0.4, 0.5) is 0 Å². The first kappa shape index (κ1) is 13.0. The van der Waals surface area contributed by atoms with Crippen LogP contribution in [0.2, 0.25) is 0 Å². The van der Waals surface area contributed by atoms with E-state index in [1.165, 1.54) is 5.56 Å². The van der Waals surface area contributed by atoms with Gasteiger partial charge in [0, 0.05) is 31.2 Å². The molecule has 1 aliphatic rings. The molecule has 110 valence electrons. The minimum atomic E-state index is -0.0185. The monoisotopic (exact) mass is 292 g/mol. The highest BCUT2D eigenvalue weighted by atomic mass is 16.2. The lowest BCUT2D eigenvalue weighted by Gasteiger charge is -2.14. The molecular weight excluding hydrogens is 276 g/mol.